The number of carbonyl (C=O) groups excluding carboxylic acids is 1. The second-order valence-electron chi connectivity index (χ2n) is 3.82. The molecule has 5 nitrogen and oxygen atoms in total. The molecule has 0 fully saturated rings. The molecule has 0 aliphatic heterocycles. The molecule has 0 saturated heterocycles. The number of nitrogens with one attached hydrogen (secondary N) is 1. The maximum Gasteiger partial charge on any atom is 0.322 e. The standard InChI is InChI=1S/C13H19NO4/c1-9(13(15)18-4)14-8-10-5-6-11(16-2)12(7-10)17-3/h5-7,9,14H,8H2,1-4H3. The van der Waals surface area contributed by atoms with E-state index in [4.69, 9.17) is 9.47 Å². The van der Waals surface area contributed by atoms with E-state index in [9.17, 15) is 4.79 Å². The molecule has 0 spiro atoms. The molecule has 5 heteroatoms. The number of hydrogen-bond acceptors (Lipinski definition) is 5. The number of rotatable bonds is 6. The lowest BCUT2D eigenvalue weighted by molar-refractivity contribution is -0.142. The van der Waals surface area contributed by atoms with E-state index >= 15 is 0 Å². The van der Waals surface area contributed by atoms with Crippen molar-refractivity contribution in [2.24, 2.45) is 0 Å². The summed E-state index contributed by atoms with van der Waals surface area (Å²) in [5, 5.41) is 3.07. The van der Waals surface area contributed by atoms with E-state index in [1.54, 1.807) is 21.1 Å². The largest absolute Gasteiger partial charge is 0.493 e. The second-order valence-corrected chi connectivity index (χ2v) is 3.82. The number of esters is 1. The first-order valence-electron chi connectivity index (χ1n) is 5.64. The lowest BCUT2D eigenvalue weighted by atomic mass is 10.2. The zero-order valence-electron chi connectivity index (χ0n) is 11.1. The van der Waals surface area contributed by atoms with Crippen molar-refractivity contribution in [1.82, 2.24) is 5.32 Å². The summed E-state index contributed by atoms with van der Waals surface area (Å²) in [5.74, 6) is 1.07. The van der Waals surface area contributed by atoms with Gasteiger partial charge in [0.2, 0.25) is 0 Å². The van der Waals surface area contributed by atoms with Crippen LogP contribution in [0.4, 0.5) is 0 Å². The highest BCUT2D eigenvalue weighted by Gasteiger charge is 2.12. The number of carbonyl (C=O) groups is 1. The molecule has 1 aromatic rings. The topological polar surface area (TPSA) is 56.8 Å². The second kappa shape index (κ2) is 6.86. The molecule has 1 rings (SSSR count). The van der Waals surface area contributed by atoms with Crippen LogP contribution in [0, 0.1) is 0 Å². The summed E-state index contributed by atoms with van der Waals surface area (Å²) in [5.41, 5.74) is 1.00. The van der Waals surface area contributed by atoms with E-state index in [-0.39, 0.29) is 12.0 Å². The van der Waals surface area contributed by atoms with E-state index in [2.05, 4.69) is 10.1 Å². The first-order chi connectivity index (χ1) is 8.62. The number of methoxy groups -OCH3 is 3. The van der Waals surface area contributed by atoms with Gasteiger partial charge in [-0.1, -0.05) is 6.07 Å². The van der Waals surface area contributed by atoms with Crippen molar-refractivity contribution >= 4 is 5.97 Å². The van der Waals surface area contributed by atoms with Gasteiger partial charge in [-0.3, -0.25) is 4.79 Å². The zero-order valence-corrected chi connectivity index (χ0v) is 11.1. The zero-order chi connectivity index (χ0) is 13.5. The van der Waals surface area contributed by atoms with Crippen LogP contribution >= 0.6 is 0 Å². The molecule has 100 valence electrons. The van der Waals surface area contributed by atoms with Gasteiger partial charge in [0.05, 0.1) is 21.3 Å². The summed E-state index contributed by atoms with van der Waals surface area (Å²) in [7, 11) is 4.55. The predicted molar refractivity (Wildman–Crippen MR) is 67.9 cm³/mol. The van der Waals surface area contributed by atoms with Gasteiger partial charge in [-0.05, 0) is 24.6 Å². The highest BCUT2D eigenvalue weighted by atomic mass is 16.5. The summed E-state index contributed by atoms with van der Waals surface area (Å²) in [6, 6.07) is 5.27. The Morgan fingerprint density at radius 1 is 1.22 bits per heavy atom. The number of benzene rings is 1. The Bertz CT molecular complexity index is 406. The summed E-state index contributed by atoms with van der Waals surface area (Å²) in [6.45, 7) is 2.31. The average molecular weight is 253 g/mol. The molecule has 0 aliphatic rings. The first kappa shape index (κ1) is 14.3. The minimum Gasteiger partial charge on any atom is -0.493 e. The molecule has 0 saturated carbocycles. The fourth-order valence-corrected chi connectivity index (χ4v) is 1.52. The third kappa shape index (κ3) is 3.63. The Kier molecular flexibility index (Phi) is 5.45. The van der Waals surface area contributed by atoms with Crippen molar-refractivity contribution < 1.29 is 19.0 Å². The van der Waals surface area contributed by atoms with Crippen molar-refractivity contribution in [3.8, 4) is 11.5 Å². The molecular weight excluding hydrogens is 234 g/mol. The van der Waals surface area contributed by atoms with Gasteiger partial charge >= 0.3 is 5.97 Å². The SMILES string of the molecule is COC(=O)C(C)NCc1ccc(OC)c(OC)c1. The predicted octanol–water partition coefficient (Wildman–Crippen LogP) is 1.35. The Labute approximate surface area is 107 Å². The molecule has 1 aromatic carbocycles. The molecule has 1 atom stereocenters. The molecule has 0 aromatic heterocycles. The third-order valence-corrected chi connectivity index (χ3v) is 2.62. The van der Waals surface area contributed by atoms with Gasteiger partial charge in [0.15, 0.2) is 11.5 Å². The minimum absolute atomic E-state index is 0.282. The molecule has 1 N–H and O–H groups in total. The van der Waals surface area contributed by atoms with E-state index in [0.717, 1.165) is 5.56 Å². The Balaban J connectivity index is 2.65. The van der Waals surface area contributed by atoms with Gasteiger partial charge < -0.3 is 19.5 Å². The summed E-state index contributed by atoms with van der Waals surface area (Å²) < 4.78 is 15.0. The van der Waals surface area contributed by atoms with Crippen molar-refractivity contribution in [3.63, 3.8) is 0 Å². The van der Waals surface area contributed by atoms with E-state index in [1.807, 2.05) is 18.2 Å². The smallest absolute Gasteiger partial charge is 0.322 e. The van der Waals surface area contributed by atoms with E-state index in [0.29, 0.717) is 18.0 Å². The van der Waals surface area contributed by atoms with Gasteiger partial charge in [0, 0.05) is 6.54 Å². The summed E-state index contributed by atoms with van der Waals surface area (Å²) in [4.78, 5) is 11.2. The van der Waals surface area contributed by atoms with Crippen LogP contribution in [0.5, 0.6) is 11.5 Å². The van der Waals surface area contributed by atoms with Crippen LogP contribution < -0.4 is 14.8 Å². The lowest BCUT2D eigenvalue weighted by Crippen LogP contribution is -2.34. The van der Waals surface area contributed by atoms with E-state index < -0.39 is 0 Å². The van der Waals surface area contributed by atoms with Gasteiger partial charge in [0.1, 0.15) is 6.04 Å². The molecule has 0 aliphatic carbocycles. The van der Waals surface area contributed by atoms with Crippen LogP contribution in [0.15, 0.2) is 18.2 Å². The van der Waals surface area contributed by atoms with Crippen molar-refractivity contribution in [2.75, 3.05) is 21.3 Å². The molecule has 1 unspecified atom stereocenters. The first-order valence-corrected chi connectivity index (χ1v) is 5.64. The molecule has 0 heterocycles. The number of hydrogen-bond donors (Lipinski definition) is 1. The van der Waals surface area contributed by atoms with Crippen LogP contribution in [-0.2, 0) is 16.1 Å². The Hall–Kier alpha value is -1.75. The van der Waals surface area contributed by atoms with Crippen LogP contribution in [0.1, 0.15) is 12.5 Å². The van der Waals surface area contributed by atoms with Crippen LogP contribution in [-0.4, -0.2) is 33.3 Å². The van der Waals surface area contributed by atoms with Crippen molar-refractivity contribution in [3.05, 3.63) is 23.8 Å². The highest BCUT2D eigenvalue weighted by Crippen LogP contribution is 2.27. The minimum atomic E-state index is -0.344. The lowest BCUT2D eigenvalue weighted by Gasteiger charge is -2.13. The molecule has 0 amide bonds. The monoisotopic (exact) mass is 253 g/mol. The Morgan fingerprint density at radius 2 is 1.89 bits per heavy atom. The van der Waals surface area contributed by atoms with Crippen LogP contribution in [0.2, 0.25) is 0 Å². The molecular formula is C13H19NO4. The highest BCUT2D eigenvalue weighted by molar-refractivity contribution is 5.75. The fourth-order valence-electron chi connectivity index (χ4n) is 1.52. The van der Waals surface area contributed by atoms with Gasteiger partial charge in [-0.15, -0.1) is 0 Å². The maximum absolute atomic E-state index is 11.2. The summed E-state index contributed by atoms with van der Waals surface area (Å²) >= 11 is 0. The molecule has 0 radical (unpaired) electrons. The average Bonchev–Trinajstić information content (AvgIpc) is 2.43. The third-order valence-electron chi connectivity index (χ3n) is 2.62. The fraction of sp³-hybridized carbons (Fsp3) is 0.462. The van der Waals surface area contributed by atoms with Gasteiger partial charge in [-0.25, -0.2) is 0 Å². The van der Waals surface area contributed by atoms with Crippen molar-refractivity contribution in [2.45, 2.75) is 19.5 Å². The van der Waals surface area contributed by atoms with Gasteiger partial charge in [-0.2, -0.15) is 0 Å². The Morgan fingerprint density at radius 3 is 2.44 bits per heavy atom. The maximum atomic E-state index is 11.2. The molecule has 0 bridgehead atoms. The molecule has 18 heavy (non-hydrogen) atoms. The van der Waals surface area contributed by atoms with Gasteiger partial charge in [0.25, 0.3) is 0 Å². The van der Waals surface area contributed by atoms with Crippen LogP contribution in [0.3, 0.4) is 0 Å². The van der Waals surface area contributed by atoms with Crippen LogP contribution in [0.25, 0.3) is 0 Å². The summed E-state index contributed by atoms with van der Waals surface area (Å²) in [6.07, 6.45) is 0. The normalized spacial score (nSPS) is 11.8. The number of ether oxygens (including phenoxy) is 3. The van der Waals surface area contributed by atoms with Crippen molar-refractivity contribution in [1.29, 1.82) is 0 Å². The van der Waals surface area contributed by atoms with E-state index in [1.165, 1.54) is 7.11 Å². The quantitative estimate of drug-likeness (QED) is 0.776.